The standard InChI is InChI=1S/C26H21N5O3/c1-34-20-9-6-17-7-10-23(21(17)12-20)30-25(32)19-8-11-24(28-14-19)31-26(33)22(15-29-31)18-4-2-16(13-27)3-5-18/h2-6,8-9,11-12,14-15,23,33H,7,10H2,1H3,(H,30,32). The molecular weight excluding hydrogens is 430 g/mol. The highest BCUT2D eigenvalue weighted by atomic mass is 16.5. The van der Waals surface area contributed by atoms with Crippen LogP contribution in [0.5, 0.6) is 11.6 Å². The number of aromatic hydroxyl groups is 1. The van der Waals surface area contributed by atoms with Gasteiger partial charge in [0.25, 0.3) is 5.91 Å². The van der Waals surface area contributed by atoms with E-state index in [1.165, 1.54) is 22.6 Å². The van der Waals surface area contributed by atoms with Gasteiger partial charge in [-0.3, -0.25) is 4.79 Å². The number of fused-ring (bicyclic) bond motifs is 1. The van der Waals surface area contributed by atoms with E-state index in [1.807, 2.05) is 18.2 Å². The largest absolute Gasteiger partial charge is 0.497 e. The first-order valence-electron chi connectivity index (χ1n) is 10.8. The van der Waals surface area contributed by atoms with Crippen molar-refractivity contribution in [3.8, 4) is 34.6 Å². The Labute approximate surface area is 196 Å². The van der Waals surface area contributed by atoms with Crippen LogP contribution < -0.4 is 10.1 Å². The van der Waals surface area contributed by atoms with Crippen molar-refractivity contribution >= 4 is 5.91 Å². The van der Waals surface area contributed by atoms with Crippen molar-refractivity contribution in [3.05, 3.63) is 89.2 Å². The van der Waals surface area contributed by atoms with Crippen LogP contribution in [0.15, 0.2) is 67.0 Å². The summed E-state index contributed by atoms with van der Waals surface area (Å²) >= 11 is 0. The molecule has 1 aliphatic rings. The normalized spacial score (nSPS) is 14.3. The van der Waals surface area contributed by atoms with Gasteiger partial charge in [-0.2, -0.15) is 15.0 Å². The number of nitrogens with one attached hydrogen (secondary N) is 1. The third-order valence-electron chi connectivity index (χ3n) is 6.03. The molecule has 168 valence electrons. The minimum absolute atomic E-state index is 0.0779. The minimum atomic E-state index is -0.220. The fourth-order valence-electron chi connectivity index (χ4n) is 4.18. The lowest BCUT2D eigenvalue weighted by Crippen LogP contribution is -2.27. The summed E-state index contributed by atoms with van der Waals surface area (Å²) in [5.41, 5.74) is 4.49. The lowest BCUT2D eigenvalue weighted by molar-refractivity contribution is 0.0936. The summed E-state index contributed by atoms with van der Waals surface area (Å²) in [6.07, 6.45) is 4.74. The van der Waals surface area contributed by atoms with Gasteiger partial charge in [0.15, 0.2) is 5.82 Å². The van der Waals surface area contributed by atoms with E-state index in [0.29, 0.717) is 22.5 Å². The summed E-state index contributed by atoms with van der Waals surface area (Å²) < 4.78 is 6.62. The summed E-state index contributed by atoms with van der Waals surface area (Å²) in [4.78, 5) is 17.2. The van der Waals surface area contributed by atoms with Crippen LogP contribution in [0, 0.1) is 11.3 Å². The van der Waals surface area contributed by atoms with Crippen LogP contribution in [0.3, 0.4) is 0 Å². The van der Waals surface area contributed by atoms with E-state index < -0.39 is 0 Å². The van der Waals surface area contributed by atoms with Crippen LogP contribution >= 0.6 is 0 Å². The molecule has 2 N–H and O–H groups in total. The average Bonchev–Trinajstić information content (AvgIpc) is 3.47. The predicted octanol–water partition coefficient (Wildman–Crippen LogP) is 3.94. The van der Waals surface area contributed by atoms with E-state index in [1.54, 1.807) is 43.5 Å². The van der Waals surface area contributed by atoms with Crippen LogP contribution in [-0.4, -0.2) is 32.9 Å². The van der Waals surface area contributed by atoms with E-state index >= 15 is 0 Å². The van der Waals surface area contributed by atoms with Crippen LogP contribution in [0.2, 0.25) is 0 Å². The Morgan fingerprint density at radius 2 is 2.00 bits per heavy atom. The second-order valence-corrected chi connectivity index (χ2v) is 8.02. The van der Waals surface area contributed by atoms with Crippen LogP contribution in [0.25, 0.3) is 16.9 Å². The number of hydrogen-bond acceptors (Lipinski definition) is 6. The van der Waals surface area contributed by atoms with Crippen LogP contribution in [0.1, 0.15) is 39.5 Å². The van der Waals surface area contributed by atoms with Gasteiger partial charge in [-0.15, -0.1) is 0 Å². The van der Waals surface area contributed by atoms with Gasteiger partial charge in [0.05, 0.1) is 42.1 Å². The number of ether oxygens (including phenoxy) is 1. The number of carbonyl (C=O) groups excluding carboxylic acids is 1. The first kappa shape index (κ1) is 21.2. The van der Waals surface area contributed by atoms with Gasteiger partial charge in [0.2, 0.25) is 5.88 Å². The van der Waals surface area contributed by atoms with Crippen molar-refractivity contribution in [3.63, 3.8) is 0 Å². The van der Waals surface area contributed by atoms with Gasteiger partial charge in [-0.05, 0) is 65.9 Å². The summed E-state index contributed by atoms with van der Waals surface area (Å²) in [7, 11) is 1.63. The number of pyridine rings is 1. The number of methoxy groups -OCH3 is 1. The van der Waals surface area contributed by atoms with Gasteiger partial charge in [-0.1, -0.05) is 18.2 Å². The molecule has 8 nitrogen and oxygen atoms in total. The van der Waals surface area contributed by atoms with Crippen molar-refractivity contribution in [1.29, 1.82) is 5.26 Å². The number of carbonyl (C=O) groups is 1. The molecule has 1 atom stereocenters. The van der Waals surface area contributed by atoms with Crippen LogP contribution in [0.4, 0.5) is 0 Å². The number of aromatic nitrogens is 3. The number of benzene rings is 2. The van der Waals surface area contributed by atoms with E-state index in [4.69, 9.17) is 10.00 Å². The number of amides is 1. The molecule has 1 amide bonds. The molecule has 1 aliphatic carbocycles. The number of nitriles is 1. The third-order valence-corrected chi connectivity index (χ3v) is 6.03. The molecular formula is C26H21N5O3. The average molecular weight is 451 g/mol. The van der Waals surface area contributed by atoms with E-state index in [9.17, 15) is 9.90 Å². The van der Waals surface area contributed by atoms with E-state index in [2.05, 4.69) is 21.5 Å². The zero-order valence-corrected chi connectivity index (χ0v) is 18.4. The SMILES string of the molecule is COc1ccc2c(c1)C(NC(=O)c1ccc(-n3ncc(-c4ccc(C#N)cc4)c3O)nc1)CC2. The molecule has 1 unspecified atom stereocenters. The molecule has 34 heavy (non-hydrogen) atoms. The Morgan fingerprint density at radius 3 is 2.71 bits per heavy atom. The number of nitrogens with zero attached hydrogens (tertiary/aromatic N) is 4. The van der Waals surface area contributed by atoms with Crippen LogP contribution in [-0.2, 0) is 6.42 Å². The minimum Gasteiger partial charge on any atom is -0.497 e. The molecule has 0 saturated heterocycles. The highest BCUT2D eigenvalue weighted by molar-refractivity contribution is 5.94. The zero-order chi connectivity index (χ0) is 23.7. The van der Waals surface area contributed by atoms with Gasteiger partial charge in [0, 0.05) is 6.20 Å². The second-order valence-electron chi connectivity index (χ2n) is 8.02. The molecule has 8 heteroatoms. The molecule has 4 aromatic rings. The topological polar surface area (TPSA) is 113 Å². The highest BCUT2D eigenvalue weighted by Crippen LogP contribution is 2.34. The molecule has 2 aromatic heterocycles. The maximum Gasteiger partial charge on any atom is 0.253 e. The monoisotopic (exact) mass is 451 g/mol. The summed E-state index contributed by atoms with van der Waals surface area (Å²) in [5.74, 6) is 0.851. The molecule has 2 heterocycles. The second kappa shape index (κ2) is 8.71. The summed E-state index contributed by atoms with van der Waals surface area (Å²) in [5, 5.41) is 26.9. The lowest BCUT2D eigenvalue weighted by atomic mass is 10.1. The summed E-state index contributed by atoms with van der Waals surface area (Å²) in [6.45, 7) is 0. The maximum absolute atomic E-state index is 12.8. The number of hydrogen-bond donors (Lipinski definition) is 2. The van der Waals surface area contributed by atoms with Crippen molar-refractivity contribution in [2.45, 2.75) is 18.9 Å². The summed E-state index contributed by atoms with van der Waals surface area (Å²) in [6, 6.07) is 18.1. The molecule has 0 aliphatic heterocycles. The van der Waals surface area contributed by atoms with Crippen molar-refractivity contribution in [1.82, 2.24) is 20.1 Å². The molecule has 0 fully saturated rings. The Balaban J connectivity index is 1.32. The predicted molar refractivity (Wildman–Crippen MR) is 125 cm³/mol. The van der Waals surface area contributed by atoms with Gasteiger partial charge >= 0.3 is 0 Å². The Morgan fingerprint density at radius 1 is 1.18 bits per heavy atom. The zero-order valence-electron chi connectivity index (χ0n) is 18.4. The molecule has 2 aromatic carbocycles. The maximum atomic E-state index is 12.8. The fourth-order valence-corrected chi connectivity index (χ4v) is 4.18. The highest BCUT2D eigenvalue weighted by Gasteiger charge is 2.25. The molecule has 0 bridgehead atoms. The quantitative estimate of drug-likeness (QED) is 0.475. The third kappa shape index (κ3) is 3.84. The van der Waals surface area contributed by atoms with Crippen molar-refractivity contribution in [2.24, 2.45) is 0 Å². The van der Waals surface area contributed by atoms with Gasteiger partial charge < -0.3 is 15.2 Å². The molecule has 5 rings (SSSR count). The lowest BCUT2D eigenvalue weighted by Gasteiger charge is -2.15. The number of rotatable bonds is 5. The van der Waals surface area contributed by atoms with Gasteiger partial charge in [-0.25, -0.2) is 4.98 Å². The molecule has 0 radical (unpaired) electrons. The Hall–Kier alpha value is -4.64. The first-order chi connectivity index (χ1) is 16.6. The first-order valence-corrected chi connectivity index (χ1v) is 10.8. The van der Waals surface area contributed by atoms with Crippen molar-refractivity contribution < 1.29 is 14.6 Å². The van der Waals surface area contributed by atoms with Crippen molar-refractivity contribution in [2.75, 3.05) is 7.11 Å². The van der Waals surface area contributed by atoms with E-state index in [0.717, 1.165) is 29.7 Å². The smallest absolute Gasteiger partial charge is 0.253 e. The van der Waals surface area contributed by atoms with Gasteiger partial charge in [0.1, 0.15) is 5.75 Å². The fraction of sp³-hybridized carbons (Fsp3) is 0.154. The Kier molecular flexibility index (Phi) is 5.44. The number of aryl methyl sites for hydroxylation is 1. The Bertz CT molecular complexity index is 1400. The molecule has 0 saturated carbocycles. The molecule has 0 spiro atoms. The van der Waals surface area contributed by atoms with E-state index in [-0.39, 0.29) is 17.8 Å².